The number of morpholine rings is 1. The molecule has 1 aromatic rings. The first-order chi connectivity index (χ1) is 9.09. The molecule has 1 unspecified atom stereocenters. The molecule has 0 aromatic carbocycles. The van der Waals surface area contributed by atoms with Crippen molar-refractivity contribution in [1.82, 2.24) is 9.88 Å². The van der Waals surface area contributed by atoms with Crippen LogP contribution in [0, 0.1) is 0 Å². The van der Waals surface area contributed by atoms with Gasteiger partial charge in [-0.15, -0.1) is 0 Å². The van der Waals surface area contributed by atoms with Crippen LogP contribution < -0.4 is 5.56 Å². The third-order valence-corrected chi connectivity index (χ3v) is 2.95. The van der Waals surface area contributed by atoms with Crippen LogP contribution in [-0.4, -0.2) is 52.7 Å². The Kier molecular flexibility index (Phi) is 3.96. The van der Waals surface area contributed by atoms with E-state index in [1.165, 1.54) is 17.2 Å². The number of aromatic nitrogens is 1. The van der Waals surface area contributed by atoms with Gasteiger partial charge in [0.15, 0.2) is 0 Å². The molecule has 1 fully saturated rings. The van der Waals surface area contributed by atoms with Gasteiger partial charge >= 0.3 is 5.97 Å². The molecule has 0 spiro atoms. The summed E-state index contributed by atoms with van der Waals surface area (Å²) in [6, 6.07) is 2.44. The molecule has 1 amide bonds. The van der Waals surface area contributed by atoms with Crippen molar-refractivity contribution >= 4 is 11.9 Å². The number of amides is 1. The monoisotopic (exact) mass is 266 g/mol. The maximum absolute atomic E-state index is 12.3. The van der Waals surface area contributed by atoms with Crippen molar-refractivity contribution in [2.45, 2.75) is 12.5 Å². The van der Waals surface area contributed by atoms with E-state index in [0.29, 0.717) is 6.61 Å². The molecule has 102 valence electrons. The van der Waals surface area contributed by atoms with Gasteiger partial charge < -0.3 is 19.7 Å². The molecule has 7 heteroatoms. The fourth-order valence-corrected chi connectivity index (χ4v) is 2.04. The number of aliphatic carboxylic acids is 1. The lowest BCUT2D eigenvalue weighted by molar-refractivity contribution is -0.139. The van der Waals surface area contributed by atoms with Crippen LogP contribution in [0.2, 0.25) is 0 Å². The van der Waals surface area contributed by atoms with E-state index in [-0.39, 0.29) is 25.1 Å². The molecule has 0 bridgehead atoms. The first-order valence-electron chi connectivity index (χ1n) is 5.88. The van der Waals surface area contributed by atoms with Gasteiger partial charge in [0.25, 0.3) is 11.5 Å². The standard InChI is InChI=1S/C12H14N2O5/c15-10(16)6-8-7-19-5-4-14(8)12(18)9-2-1-3-13-11(9)17/h1-3,8H,4-7H2,(H,13,17)(H,15,16). The van der Waals surface area contributed by atoms with Crippen LogP contribution in [0.5, 0.6) is 0 Å². The van der Waals surface area contributed by atoms with E-state index < -0.39 is 23.5 Å². The number of pyridine rings is 1. The van der Waals surface area contributed by atoms with Crippen molar-refractivity contribution in [3.8, 4) is 0 Å². The van der Waals surface area contributed by atoms with Gasteiger partial charge in [0.2, 0.25) is 0 Å². The van der Waals surface area contributed by atoms with E-state index in [4.69, 9.17) is 9.84 Å². The van der Waals surface area contributed by atoms with Gasteiger partial charge in [0.1, 0.15) is 5.56 Å². The highest BCUT2D eigenvalue weighted by molar-refractivity contribution is 5.94. The summed E-state index contributed by atoms with van der Waals surface area (Å²) in [5, 5.41) is 8.83. The van der Waals surface area contributed by atoms with Gasteiger partial charge in [-0.05, 0) is 12.1 Å². The molecule has 0 radical (unpaired) electrons. The van der Waals surface area contributed by atoms with Crippen molar-refractivity contribution in [1.29, 1.82) is 0 Å². The molecule has 19 heavy (non-hydrogen) atoms. The first-order valence-corrected chi connectivity index (χ1v) is 5.88. The maximum atomic E-state index is 12.3. The normalized spacial score (nSPS) is 19.2. The fraction of sp³-hybridized carbons (Fsp3) is 0.417. The Morgan fingerprint density at radius 1 is 1.53 bits per heavy atom. The Balaban J connectivity index is 2.23. The summed E-state index contributed by atoms with van der Waals surface area (Å²) in [7, 11) is 0. The minimum Gasteiger partial charge on any atom is -0.481 e. The molecular formula is C12H14N2O5. The third kappa shape index (κ3) is 3.00. The van der Waals surface area contributed by atoms with Crippen LogP contribution in [0.4, 0.5) is 0 Å². The smallest absolute Gasteiger partial charge is 0.305 e. The lowest BCUT2D eigenvalue weighted by Gasteiger charge is -2.34. The molecule has 2 N–H and O–H groups in total. The van der Waals surface area contributed by atoms with E-state index in [9.17, 15) is 14.4 Å². The zero-order valence-corrected chi connectivity index (χ0v) is 10.2. The van der Waals surface area contributed by atoms with Gasteiger partial charge in [0, 0.05) is 12.7 Å². The van der Waals surface area contributed by atoms with Crippen LogP contribution in [0.25, 0.3) is 0 Å². The van der Waals surface area contributed by atoms with Gasteiger partial charge in [-0.25, -0.2) is 0 Å². The van der Waals surface area contributed by atoms with E-state index in [0.717, 1.165) is 0 Å². The van der Waals surface area contributed by atoms with Gasteiger partial charge in [-0.2, -0.15) is 0 Å². The second-order valence-electron chi connectivity index (χ2n) is 4.24. The predicted molar refractivity (Wildman–Crippen MR) is 65.0 cm³/mol. The summed E-state index contributed by atoms with van der Waals surface area (Å²) >= 11 is 0. The molecule has 7 nitrogen and oxygen atoms in total. The molecule has 1 aliphatic rings. The predicted octanol–water partition coefficient (Wildman–Crippen LogP) is -0.309. The van der Waals surface area contributed by atoms with Crippen LogP contribution in [0.1, 0.15) is 16.8 Å². The average Bonchev–Trinajstić information content (AvgIpc) is 2.38. The SMILES string of the molecule is O=C(O)CC1COCCN1C(=O)c1ccc[nH]c1=O. The molecule has 1 saturated heterocycles. The summed E-state index contributed by atoms with van der Waals surface area (Å²) in [6.07, 6.45) is 1.24. The van der Waals surface area contributed by atoms with E-state index in [1.54, 1.807) is 6.07 Å². The number of rotatable bonds is 3. The Hall–Kier alpha value is -2.15. The number of carboxylic acid groups (broad SMARTS) is 1. The van der Waals surface area contributed by atoms with Crippen molar-refractivity contribution in [3.63, 3.8) is 0 Å². The van der Waals surface area contributed by atoms with Crippen LogP contribution in [0.15, 0.2) is 23.1 Å². The van der Waals surface area contributed by atoms with Gasteiger partial charge in [-0.1, -0.05) is 0 Å². The molecule has 2 heterocycles. The number of aromatic amines is 1. The zero-order chi connectivity index (χ0) is 13.8. The lowest BCUT2D eigenvalue weighted by Crippen LogP contribution is -2.50. The second-order valence-corrected chi connectivity index (χ2v) is 4.24. The van der Waals surface area contributed by atoms with E-state index in [1.807, 2.05) is 0 Å². The highest BCUT2D eigenvalue weighted by Crippen LogP contribution is 2.13. The van der Waals surface area contributed by atoms with Crippen LogP contribution in [-0.2, 0) is 9.53 Å². The Morgan fingerprint density at radius 3 is 3.00 bits per heavy atom. The Labute approximate surface area is 108 Å². The average molecular weight is 266 g/mol. The molecule has 2 rings (SSSR count). The largest absolute Gasteiger partial charge is 0.481 e. The highest BCUT2D eigenvalue weighted by atomic mass is 16.5. The van der Waals surface area contributed by atoms with Crippen LogP contribution >= 0.6 is 0 Å². The van der Waals surface area contributed by atoms with Crippen molar-refractivity contribution in [3.05, 3.63) is 34.2 Å². The summed E-state index contributed by atoms with van der Waals surface area (Å²) in [5.41, 5.74) is -0.465. The van der Waals surface area contributed by atoms with Gasteiger partial charge in [0.05, 0.1) is 25.7 Å². The Bertz CT molecular complexity index is 539. The van der Waals surface area contributed by atoms with Crippen molar-refractivity contribution in [2.24, 2.45) is 0 Å². The second kappa shape index (κ2) is 5.66. The Morgan fingerprint density at radius 2 is 2.32 bits per heavy atom. The van der Waals surface area contributed by atoms with E-state index >= 15 is 0 Å². The molecule has 1 aromatic heterocycles. The molecule has 0 saturated carbocycles. The molecule has 0 aliphatic carbocycles. The van der Waals surface area contributed by atoms with E-state index in [2.05, 4.69) is 4.98 Å². The zero-order valence-electron chi connectivity index (χ0n) is 10.2. The highest BCUT2D eigenvalue weighted by Gasteiger charge is 2.30. The number of hydrogen-bond donors (Lipinski definition) is 2. The summed E-state index contributed by atoms with van der Waals surface area (Å²) in [4.78, 5) is 38.4. The number of carboxylic acids is 1. The summed E-state index contributed by atoms with van der Waals surface area (Å²) in [6.45, 7) is 0.792. The quantitative estimate of drug-likeness (QED) is 0.781. The summed E-state index contributed by atoms with van der Waals surface area (Å²) in [5.74, 6) is -1.47. The van der Waals surface area contributed by atoms with Crippen molar-refractivity contribution < 1.29 is 19.4 Å². The number of carbonyl (C=O) groups excluding carboxylic acids is 1. The van der Waals surface area contributed by atoms with Crippen molar-refractivity contribution in [2.75, 3.05) is 19.8 Å². The number of hydrogen-bond acceptors (Lipinski definition) is 4. The minimum absolute atomic E-state index is 0.0137. The number of ether oxygens (including phenoxy) is 1. The van der Waals surface area contributed by atoms with Crippen LogP contribution in [0.3, 0.4) is 0 Å². The topological polar surface area (TPSA) is 99.7 Å². The first kappa shape index (κ1) is 13.3. The number of nitrogens with one attached hydrogen (secondary N) is 1. The minimum atomic E-state index is -1.00. The third-order valence-electron chi connectivity index (χ3n) is 2.95. The number of nitrogens with zero attached hydrogens (tertiary/aromatic N) is 1. The molecule has 1 aliphatic heterocycles. The number of H-pyrrole nitrogens is 1. The fourth-order valence-electron chi connectivity index (χ4n) is 2.04. The number of carbonyl (C=O) groups is 2. The maximum Gasteiger partial charge on any atom is 0.305 e. The van der Waals surface area contributed by atoms with Gasteiger partial charge in [-0.3, -0.25) is 14.4 Å². The molecular weight excluding hydrogens is 252 g/mol. The molecule has 1 atom stereocenters. The lowest BCUT2D eigenvalue weighted by atomic mass is 10.1. The summed E-state index contributed by atoms with van der Waals surface area (Å²) < 4.78 is 5.19.